The van der Waals surface area contributed by atoms with Crippen LogP contribution in [0.4, 0.5) is 5.69 Å². The van der Waals surface area contributed by atoms with Gasteiger partial charge in [0.05, 0.1) is 10.7 Å². The van der Waals surface area contributed by atoms with Crippen LogP contribution in [-0.2, 0) is 4.79 Å². The van der Waals surface area contributed by atoms with Crippen LogP contribution in [-0.4, -0.2) is 22.3 Å². The maximum absolute atomic E-state index is 13.1. The van der Waals surface area contributed by atoms with Crippen LogP contribution < -0.4 is 10.7 Å². The minimum absolute atomic E-state index is 0.127. The SMILES string of the molecule is O=C(N/N=C\c1cc(Br)c(O)c(Br)c1O)C(Nc1ccc2ccccc2c1)c1ccccc1. The largest absolute Gasteiger partial charge is 0.506 e. The van der Waals surface area contributed by atoms with Crippen molar-refractivity contribution in [3.05, 3.63) is 98.9 Å². The van der Waals surface area contributed by atoms with Gasteiger partial charge in [0.15, 0.2) is 0 Å². The van der Waals surface area contributed by atoms with Crippen LogP contribution in [0.15, 0.2) is 92.9 Å². The Kier molecular flexibility index (Phi) is 6.96. The number of hydrogen-bond acceptors (Lipinski definition) is 5. The number of hydrogen-bond donors (Lipinski definition) is 4. The van der Waals surface area contributed by atoms with E-state index in [2.05, 4.69) is 47.7 Å². The molecule has 166 valence electrons. The zero-order valence-electron chi connectivity index (χ0n) is 17.2. The third-order valence-corrected chi connectivity index (χ3v) is 6.39. The molecular formula is C25H19Br2N3O3. The summed E-state index contributed by atoms with van der Waals surface area (Å²) in [6.45, 7) is 0. The summed E-state index contributed by atoms with van der Waals surface area (Å²) in [7, 11) is 0. The van der Waals surface area contributed by atoms with Crippen molar-refractivity contribution in [2.45, 2.75) is 6.04 Å². The van der Waals surface area contributed by atoms with E-state index in [1.165, 1.54) is 12.3 Å². The first kappa shape index (κ1) is 22.8. The molecule has 0 aliphatic rings. The lowest BCUT2D eigenvalue weighted by Crippen LogP contribution is -2.30. The highest BCUT2D eigenvalue weighted by atomic mass is 79.9. The Hall–Kier alpha value is -3.36. The monoisotopic (exact) mass is 567 g/mol. The third-order valence-electron chi connectivity index (χ3n) is 5.03. The molecule has 0 radical (unpaired) electrons. The van der Waals surface area contributed by atoms with Crippen molar-refractivity contribution in [1.82, 2.24) is 5.43 Å². The lowest BCUT2D eigenvalue weighted by Gasteiger charge is -2.19. The van der Waals surface area contributed by atoms with E-state index in [0.29, 0.717) is 10.0 Å². The van der Waals surface area contributed by atoms with Gasteiger partial charge in [0.25, 0.3) is 5.91 Å². The van der Waals surface area contributed by atoms with Gasteiger partial charge in [-0.25, -0.2) is 5.43 Å². The van der Waals surface area contributed by atoms with Crippen LogP contribution in [0.25, 0.3) is 10.8 Å². The summed E-state index contributed by atoms with van der Waals surface area (Å²) in [5.74, 6) is -0.693. The molecule has 4 rings (SSSR count). The Morgan fingerprint density at radius 2 is 1.58 bits per heavy atom. The average molecular weight is 569 g/mol. The van der Waals surface area contributed by atoms with E-state index in [1.807, 2.05) is 72.8 Å². The first-order valence-corrected chi connectivity index (χ1v) is 11.6. The summed E-state index contributed by atoms with van der Waals surface area (Å²) in [6.07, 6.45) is 1.31. The van der Waals surface area contributed by atoms with Crippen molar-refractivity contribution in [1.29, 1.82) is 0 Å². The Labute approximate surface area is 207 Å². The predicted octanol–water partition coefficient (Wildman–Crippen LogP) is 6.08. The number of nitrogens with zero attached hydrogens (tertiary/aromatic N) is 1. The lowest BCUT2D eigenvalue weighted by atomic mass is 10.0. The van der Waals surface area contributed by atoms with Gasteiger partial charge in [0.2, 0.25) is 0 Å². The smallest absolute Gasteiger partial charge is 0.267 e. The fourth-order valence-electron chi connectivity index (χ4n) is 3.34. The van der Waals surface area contributed by atoms with Gasteiger partial charge in [-0.3, -0.25) is 4.79 Å². The molecule has 0 bridgehead atoms. The number of nitrogens with one attached hydrogen (secondary N) is 2. The predicted molar refractivity (Wildman–Crippen MR) is 138 cm³/mol. The van der Waals surface area contributed by atoms with Crippen molar-refractivity contribution in [3.63, 3.8) is 0 Å². The average Bonchev–Trinajstić information content (AvgIpc) is 2.84. The summed E-state index contributed by atoms with van der Waals surface area (Å²) < 4.78 is 0.505. The first-order chi connectivity index (χ1) is 15.9. The fraction of sp³-hybridized carbons (Fsp3) is 0.0400. The first-order valence-electron chi connectivity index (χ1n) is 9.97. The number of aromatic hydroxyl groups is 2. The molecule has 4 N–H and O–H groups in total. The van der Waals surface area contributed by atoms with E-state index in [4.69, 9.17) is 0 Å². The summed E-state index contributed by atoms with van der Waals surface area (Å²) >= 11 is 6.33. The number of hydrazone groups is 1. The molecule has 1 unspecified atom stereocenters. The zero-order valence-corrected chi connectivity index (χ0v) is 20.3. The van der Waals surface area contributed by atoms with Gasteiger partial charge in [-0.15, -0.1) is 0 Å². The number of benzene rings is 4. The Bertz CT molecular complexity index is 1340. The second kappa shape index (κ2) is 10.1. The lowest BCUT2D eigenvalue weighted by molar-refractivity contribution is -0.121. The Morgan fingerprint density at radius 3 is 2.33 bits per heavy atom. The van der Waals surface area contributed by atoms with Crippen LogP contribution in [0.1, 0.15) is 17.2 Å². The van der Waals surface area contributed by atoms with Crippen LogP contribution in [0.2, 0.25) is 0 Å². The normalized spacial score (nSPS) is 12.1. The molecule has 33 heavy (non-hydrogen) atoms. The second-order valence-corrected chi connectivity index (χ2v) is 8.89. The molecule has 0 heterocycles. The number of carbonyl (C=O) groups is 1. The second-order valence-electron chi connectivity index (χ2n) is 7.24. The summed E-state index contributed by atoms with van der Waals surface area (Å²) in [4.78, 5) is 13.1. The number of rotatable bonds is 6. The van der Waals surface area contributed by atoms with Gasteiger partial charge in [0.1, 0.15) is 22.0 Å². The van der Waals surface area contributed by atoms with Crippen molar-refractivity contribution in [3.8, 4) is 11.5 Å². The zero-order chi connectivity index (χ0) is 23.4. The van der Waals surface area contributed by atoms with Gasteiger partial charge in [-0.2, -0.15) is 5.10 Å². The van der Waals surface area contributed by atoms with E-state index in [1.54, 1.807) is 0 Å². The van der Waals surface area contributed by atoms with E-state index in [0.717, 1.165) is 22.0 Å². The number of phenolic OH excluding ortho intramolecular Hbond substituents is 2. The molecule has 0 saturated carbocycles. The van der Waals surface area contributed by atoms with Crippen LogP contribution >= 0.6 is 31.9 Å². The molecule has 0 saturated heterocycles. The van der Waals surface area contributed by atoms with Crippen molar-refractivity contribution in [2.75, 3.05) is 5.32 Å². The van der Waals surface area contributed by atoms with Crippen molar-refractivity contribution in [2.24, 2.45) is 5.10 Å². The maximum Gasteiger partial charge on any atom is 0.267 e. The van der Waals surface area contributed by atoms with E-state index >= 15 is 0 Å². The highest BCUT2D eigenvalue weighted by Gasteiger charge is 2.20. The van der Waals surface area contributed by atoms with E-state index in [9.17, 15) is 15.0 Å². The minimum Gasteiger partial charge on any atom is -0.506 e. The van der Waals surface area contributed by atoms with Gasteiger partial charge < -0.3 is 15.5 Å². The summed E-state index contributed by atoms with van der Waals surface area (Å²) in [6, 6.07) is 24.1. The fourth-order valence-corrected chi connectivity index (χ4v) is 4.49. The number of amides is 1. The molecule has 1 atom stereocenters. The molecule has 1 amide bonds. The van der Waals surface area contributed by atoms with Gasteiger partial charge in [-0.1, -0.05) is 60.7 Å². The number of phenols is 2. The summed E-state index contributed by atoms with van der Waals surface area (Å²) in [5, 5.41) is 29.5. The summed E-state index contributed by atoms with van der Waals surface area (Å²) in [5.41, 5.74) is 4.41. The molecular weight excluding hydrogens is 550 g/mol. The third kappa shape index (κ3) is 5.18. The highest BCUT2D eigenvalue weighted by Crippen LogP contribution is 2.40. The molecule has 0 aromatic heterocycles. The van der Waals surface area contributed by atoms with Crippen LogP contribution in [0.3, 0.4) is 0 Å². The van der Waals surface area contributed by atoms with Gasteiger partial charge in [-0.05, 0) is 66.4 Å². The van der Waals surface area contributed by atoms with Gasteiger partial charge in [0, 0.05) is 11.3 Å². The maximum atomic E-state index is 13.1. The van der Waals surface area contributed by atoms with Crippen molar-refractivity contribution >= 4 is 60.4 Å². The molecule has 0 aliphatic heterocycles. The highest BCUT2D eigenvalue weighted by molar-refractivity contribution is 9.11. The molecule has 4 aromatic rings. The molecule has 4 aromatic carbocycles. The number of fused-ring (bicyclic) bond motifs is 1. The molecule has 8 heteroatoms. The molecule has 0 spiro atoms. The van der Waals surface area contributed by atoms with Crippen LogP contribution in [0, 0.1) is 0 Å². The number of anilines is 1. The van der Waals surface area contributed by atoms with Gasteiger partial charge >= 0.3 is 0 Å². The quantitative estimate of drug-likeness (QED) is 0.167. The topological polar surface area (TPSA) is 94.0 Å². The minimum atomic E-state index is -0.698. The van der Waals surface area contributed by atoms with E-state index in [-0.39, 0.29) is 21.9 Å². The van der Waals surface area contributed by atoms with Crippen LogP contribution in [0.5, 0.6) is 11.5 Å². The van der Waals surface area contributed by atoms with Crippen molar-refractivity contribution < 1.29 is 15.0 Å². The Balaban J connectivity index is 1.57. The number of carbonyl (C=O) groups excluding carboxylic acids is 1. The molecule has 0 aliphatic carbocycles. The molecule has 0 fully saturated rings. The number of halogens is 2. The Morgan fingerprint density at radius 1 is 0.879 bits per heavy atom. The standard InChI is InChI=1S/C25H19Br2N3O3/c26-20-13-18(23(31)21(27)24(20)32)14-28-30-25(33)22(16-7-2-1-3-8-16)29-19-11-10-15-6-4-5-9-17(15)12-19/h1-14,22,29,31-32H,(H,30,33)/b28-14-. The van der Waals surface area contributed by atoms with E-state index < -0.39 is 6.04 Å². The molecule has 6 nitrogen and oxygen atoms in total.